The van der Waals surface area contributed by atoms with Crippen LogP contribution in [0, 0.1) is 0 Å². The van der Waals surface area contributed by atoms with E-state index in [9.17, 15) is 18.4 Å². The van der Waals surface area contributed by atoms with Gasteiger partial charge in [0.2, 0.25) is 5.91 Å². The first kappa shape index (κ1) is 23.9. The van der Waals surface area contributed by atoms with Crippen molar-refractivity contribution in [2.24, 2.45) is 0 Å². The number of alkyl halides is 2. The third kappa shape index (κ3) is 5.11. The van der Waals surface area contributed by atoms with Crippen molar-refractivity contribution in [3.8, 4) is 0 Å². The number of nitrogens with one attached hydrogen (secondary N) is 1. The van der Waals surface area contributed by atoms with Gasteiger partial charge in [-0.2, -0.15) is 0 Å². The van der Waals surface area contributed by atoms with Gasteiger partial charge in [0.15, 0.2) is 0 Å². The Labute approximate surface area is 207 Å². The highest BCUT2D eigenvalue weighted by Crippen LogP contribution is 2.41. The number of carbonyl (C=O) groups excluding carboxylic acids is 2. The van der Waals surface area contributed by atoms with Crippen molar-refractivity contribution in [2.45, 2.75) is 63.2 Å². The number of halogens is 3. The maximum absolute atomic E-state index is 13.9. The summed E-state index contributed by atoms with van der Waals surface area (Å²) in [5.41, 5.74) is 0.915. The monoisotopic (exact) mass is 503 g/mol. The molecule has 186 valence electrons. The number of fused-ring (bicyclic) bond motifs is 1. The molecule has 10 heteroatoms. The number of hydrogen-bond acceptors (Lipinski definition) is 4. The molecular weight excluding hydrogens is 476 g/mol. The average molecular weight is 504 g/mol. The van der Waals surface area contributed by atoms with Crippen molar-refractivity contribution in [2.75, 3.05) is 18.4 Å². The quantitative estimate of drug-likeness (QED) is 0.589. The first-order valence-electron chi connectivity index (χ1n) is 11.9. The molecule has 1 saturated carbocycles. The molecule has 2 aromatic rings. The van der Waals surface area contributed by atoms with Gasteiger partial charge < -0.3 is 14.8 Å². The van der Waals surface area contributed by atoms with Crippen molar-refractivity contribution in [1.29, 1.82) is 0 Å². The molecular formula is C25H28ClF2N5O2. The van der Waals surface area contributed by atoms with Gasteiger partial charge in [-0.15, -0.1) is 0 Å². The minimum absolute atomic E-state index is 0.154. The molecule has 1 aromatic heterocycles. The fraction of sp³-hybridized carbons (Fsp3) is 0.480. The number of benzene rings is 1. The maximum Gasteiger partial charge on any atom is 0.273 e. The van der Waals surface area contributed by atoms with Gasteiger partial charge in [0.1, 0.15) is 11.5 Å². The molecule has 2 aliphatic heterocycles. The van der Waals surface area contributed by atoms with Crippen LogP contribution >= 0.6 is 11.6 Å². The van der Waals surface area contributed by atoms with Gasteiger partial charge in [0.25, 0.3) is 11.8 Å². The van der Waals surface area contributed by atoms with E-state index < -0.39 is 5.92 Å². The molecule has 1 aliphatic carbocycles. The van der Waals surface area contributed by atoms with Crippen LogP contribution in [0.2, 0.25) is 5.02 Å². The van der Waals surface area contributed by atoms with E-state index in [2.05, 4.69) is 10.3 Å². The Hall–Kier alpha value is -2.78. The predicted octanol–water partition coefficient (Wildman–Crippen LogP) is 4.51. The van der Waals surface area contributed by atoms with Crippen LogP contribution in [0.4, 0.5) is 14.5 Å². The minimum Gasteiger partial charge on any atom is -0.330 e. The van der Waals surface area contributed by atoms with E-state index in [0.717, 1.165) is 12.8 Å². The Balaban J connectivity index is 1.22. The summed E-state index contributed by atoms with van der Waals surface area (Å²) in [7, 11) is 0. The molecule has 2 fully saturated rings. The molecule has 1 saturated heterocycles. The fourth-order valence-electron chi connectivity index (χ4n) is 5.13. The highest BCUT2D eigenvalue weighted by molar-refractivity contribution is 6.33. The van der Waals surface area contributed by atoms with Crippen LogP contribution in [0.3, 0.4) is 0 Å². The van der Waals surface area contributed by atoms with E-state index in [1.165, 1.54) is 12.3 Å². The number of anilines is 1. The van der Waals surface area contributed by atoms with Gasteiger partial charge in [0.05, 0.1) is 36.0 Å². The summed E-state index contributed by atoms with van der Waals surface area (Å²) in [6, 6.07) is 6.87. The molecule has 0 spiro atoms. The lowest BCUT2D eigenvalue weighted by atomic mass is 10.1. The minimum atomic E-state index is -2.65. The van der Waals surface area contributed by atoms with Crippen molar-refractivity contribution in [3.05, 3.63) is 59.2 Å². The lowest BCUT2D eigenvalue weighted by Gasteiger charge is -2.32. The Morgan fingerprint density at radius 2 is 2.06 bits per heavy atom. The topological polar surface area (TPSA) is 70.5 Å². The third-order valence-electron chi connectivity index (χ3n) is 6.90. The van der Waals surface area contributed by atoms with Crippen LogP contribution in [-0.2, 0) is 11.3 Å². The highest BCUT2D eigenvalue weighted by Gasteiger charge is 2.49. The number of carbonyl (C=O) groups is 2. The van der Waals surface area contributed by atoms with Gasteiger partial charge in [-0.05, 0) is 44.4 Å². The summed E-state index contributed by atoms with van der Waals surface area (Å²) in [6.45, 7) is 2.43. The summed E-state index contributed by atoms with van der Waals surface area (Å²) in [5, 5.41) is 3.25. The van der Waals surface area contributed by atoms with Crippen LogP contribution in [-0.4, -0.2) is 62.3 Å². The number of para-hydroxylation sites is 1. The lowest BCUT2D eigenvalue weighted by Crippen LogP contribution is -2.40. The van der Waals surface area contributed by atoms with Crippen LogP contribution < -0.4 is 5.32 Å². The van der Waals surface area contributed by atoms with E-state index in [1.807, 2.05) is 16.4 Å². The summed E-state index contributed by atoms with van der Waals surface area (Å²) in [4.78, 5) is 33.7. The van der Waals surface area contributed by atoms with Gasteiger partial charge in [-0.3, -0.25) is 14.5 Å². The average Bonchev–Trinajstić information content (AvgIpc) is 3.48. The number of likely N-dealkylation sites (tertiary alicyclic amines) is 1. The Kier molecular flexibility index (Phi) is 6.40. The van der Waals surface area contributed by atoms with Crippen LogP contribution in [0.25, 0.3) is 0 Å². The molecule has 2 atom stereocenters. The van der Waals surface area contributed by atoms with Crippen molar-refractivity contribution >= 4 is 29.1 Å². The summed E-state index contributed by atoms with van der Waals surface area (Å²) in [5.74, 6) is -2.54. The molecule has 1 N–H and O–H groups in total. The van der Waals surface area contributed by atoms with E-state index in [4.69, 9.17) is 11.6 Å². The third-order valence-corrected chi connectivity index (χ3v) is 7.23. The molecule has 35 heavy (non-hydrogen) atoms. The number of nitrogens with zero attached hydrogens (tertiary/aromatic N) is 4. The maximum atomic E-state index is 13.9. The predicted molar refractivity (Wildman–Crippen MR) is 129 cm³/mol. The fourth-order valence-corrected chi connectivity index (χ4v) is 5.32. The Morgan fingerprint density at radius 1 is 1.29 bits per heavy atom. The summed E-state index contributed by atoms with van der Waals surface area (Å²) < 4.78 is 29.7. The lowest BCUT2D eigenvalue weighted by molar-refractivity contribution is -0.128. The van der Waals surface area contributed by atoms with E-state index in [-0.39, 0.29) is 49.5 Å². The zero-order valence-electron chi connectivity index (χ0n) is 19.5. The molecule has 1 unspecified atom stereocenters. The molecule has 1 aromatic carbocycles. The van der Waals surface area contributed by atoms with Crippen molar-refractivity contribution in [1.82, 2.24) is 19.4 Å². The number of imidazole rings is 1. The second-order valence-electron chi connectivity index (χ2n) is 9.69. The second-order valence-corrected chi connectivity index (χ2v) is 10.1. The van der Waals surface area contributed by atoms with Crippen LogP contribution in [0.15, 0.2) is 42.6 Å². The van der Waals surface area contributed by atoms with Crippen molar-refractivity contribution in [3.63, 3.8) is 0 Å². The van der Waals surface area contributed by atoms with Gasteiger partial charge in [-0.25, -0.2) is 13.8 Å². The number of amides is 2. The zero-order valence-corrected chi connectivity index (χ0v) is 20.2. The number of hydrogen-bond donors (Lipinski definition) is 1. The normalized spacial score (nSPS) is 24.1. The van der Waals surface area contributed by atoms with E-state index in [0.29, 0.717) is 35.2 Å². The Morgan fingerprint density at radius 3 is 2.80 bits per heavy atom. The molecule has 0 bridgehead atoms. The number of rotatable bonds is 6. The molecule has 5 rings (SSSR count). The Bertz CT molecular complexity index is 1160. The SMILES string of the molecule is C[C@H]1CN(C(=O)/C=C/CC2CC(F)(F)CN2C2CC2)Cc2ncc(C(=O)Nc3ccccc3Cl)n21. The van der Waals surface area contributed by atoms with E-state index >= 15 is 0 Å². The summed E-state index contributed by atoms with van der Waals surface area (Å²) in [6.07, 6.45) is 6.95. The van der Waals surface area contributed by atoms with E-state index in [1.54, 1.807) is 35.2 Å². The molecule has 7 nitrogen and oxygen atoms in total. The van der Waals surface area contributed by atoms with Crippen LogP contribution in [0.1, 0.15) is 55.0 Å². The number of aromatic nitrogens is 2. The first-order chi connectivity index (χ1) is 16.7. The van der Waals surface area contributed by atoms with Crippen LogP contribution in [0.5, 0.6) is 0 Å². The highest BCUT2D eigenvalue weighted by atomic mass is 35.5. The molecule has 3 aliphatic rings. The molecule has 2 amide bonds. The van der Waals surface area contributed by atoms with Gasteiger partial charge >= 0.3 is 0 Å². The first-order valence-corrected chi connectivity index (χ1v) is 12.3. The molecule has 3 heterocycles. The molecule has 0 radical (unpaired) electrons. The van der Waals surface area contributed by atoms with Gasteiger partial charge in [0, 0.05) is 25.0 Å². The largest absolute Gasteiger partial charge is 0.330 e. The standard InChI is InChI=1S/C25H28ClF2N5O2/c1-16-13-31(23(34)8-4-5-18-11-25(27,28)15-32(18)17-9-10-17)14-22-29-12-21(33(16)22)24(35)30-20-7-3-2-6-19(20)26/h2-4,6-8,12,16-18H,5,9-11,13-15H2,1H3,(H,30,35)/b8-4+/t16-,18?/m0/s1. The van der Waals surface area contributed by atoms with Gasteiger partial charge in [-0.1, -0.05) is 29.8 Å². The zero-order chi connectivity index (χ0) is 24.7. The smallest absolute Gasteiger partial charge is 0.273 e. The second kappa shape index (κ2) is 9.35. The summed E-state index contributed by atoms with van der Waals surface area (Å²) >= 11 is 6.15. The van der Waals surface area contributed by atoms with Crippen molar-refractivity contribution < 1.29 is 18.4 Å².